The molecule has 0 atom stereocenters. The average molecular weight is 349 g/mol. The second-order valence-corrected chi connectivity index (χ2v) is 7.54. The highest BCUT2D eigenvalue weighted by Crippen LogP contribution is 2.25. The number of hydrogen-bond acceptors (Lipinski definition) is 6. The number of benzene rings is 2. The Morgan fingerprint density at radius 3 is 2.74 bits per heavy atom. The van der Waals surface area contributed by atoms with Gasteiger partial charge >= 0.3 is 0 Å². The summed E-state index contributed by atoms with van der Waals surface area (Å²) >= 11 is 1.00. The van der Waals surface area contributed by atoms with Crippen LogP contribution in [0.15, 0.2) is 47.4 Å². The molecule has 0 amide bonds. The molecule has 1 aromatic heterocycles. The maximum Gasteiger partial charge on any atom is 0.245 e. The molecule has 0 radical (unpaired) electrons. The summed E-state index contributed by atoms with van der Waals surface area (Å²) in [5, 5.41) is 0. The number of hydrogen-bond donors (Lipinski definition) is 0. The largest absolute Gasteiger partial charge is 0.497 e. The zero-order valence-electron chi connectivity index (χ0n) is 12.6. The van der Waals surface area contributed by atoms with Crippen LogP contribution in [0.25, 0.3) is 11.0 Å². The molecule has 0 saturated carbocycles. The second kappa shape index (κ2) is 6.23. The molecule has 0 aliphatic heterocycles. The lowest BCUT2D eigenvalue weighted by Gasteiger charge is -2.17. The molecule has 8 heteroatoms. The number of aromatic nitrogens is 2. The van der Waals surface area contributed by atoms with Crippen molar-refractivity contribution in [2.75, 3.05) is 14.2 Å². The van der Waals surface area contributed by atoms with Gasteiger partial charge in [0.15, 0.2) is 0 Å². The minimum absolute atomic E-state index is 0.175. The third-order valence-corrected chi connectivity index (χ3v) is 5.85. The highest BCUT2D eigenvalue weighted by Gasteiger charge is 2.24. The van der Waals surface area contributed by atoms with Crippen molar-refractivity contribution in [3.05, 3.63) is 48.0 Å². The quantitative estimate of drug-likeness (QED) is 0.708. The zero-order chi connectivity index (χ0) is 16.4. The average Bonchev–Trinajstić information content (AvgIpc) is 3.03. The molecule has 0 bridgehead atoms. The summed E-state index contributed by atoms with van der Waals surface area (Å²) < 4.78 is 40.3. The Hall–Kier alpha value is -2.03. The predicted molar refractivity (Wildman–Crippen MR) is 89.1 cm³/mol. The van der Waals surface area contributed by atoms with Crippen molar-refractivity contribution in [2.45, 2.75) is 11.4 Å². The Kier molecular flexibility index (Phi) is 4.29. The summed E-state index contributed by atoms with van der Waals surface area (Å²) in [6, 6.07) is 12.3. The SMILES string of the molecule is COc1cccc(CN(C)S(=O)(=O)c2cccc3nsnc23)c1. The molecule has 0 spiro atoms. The monoisotopic (exact) mass is 349 g/mol. The van der Waals surface area contributed by atoms with Crippen LogP contribution >= 0.6 is 11.7 Å². The zero-order valence-corrected chi connectivity index (χ0v) is 14.3. The van der Waals surface area contributed by atoms with E-state index < -0.39 is 10.0 Å². The van der Waals surface area contributed by atoms with Gasteiger partial charge in [-0.05, 0) is 29.8 Å². The molecule has 0 aliphatic carbocycles. The van der Waals surface area contributed by atoms with Crippen molar-refractivity contribution in [3.8, 4) is 5.75 Å². The van der Waals surface area contributed by atoms with Crippen molar-refractivity contribution in [2.24, 2.45) is 0 Å². The smallest absolute Gasteiger partial charge is 0.245 e. The standard InChI is InChI=1S/C15H15N3O3S2/c1-18(10-11-5-3-6-12(9-11)21-2)23(19,20)14-8-4-7-13-15(14)17-22-16-13/h3-9H,10H2,1-2H3. The molecule has 0 unspecified atom stereocenters. The molecular weight excluding hydrogens is 334 g/mol. The van der Waals surface area contributed by atoms with E-state index in [0.29, 0.717) is 16.8 Å². The normalized spacial score (nSPS) is 12.0. The van der Waals surface area contributed by atoms with Crippen LogP contribution in [0, 0.1) is 0 Å². The molecule has 0 saturated heterocycles. The van der Waals surface area contributed by atoms with Crippen LogP contribution in [0.3, 0.4) is 0 Å². The number of nitrogens with zero attached hydrogens (tertiary/aromatic N) is 3. The van der Waals surface area contributed by atoms with Gasteiger partial charge in [-0.1, -0.05) is 18.2 Å². The third-order valence-electron chi connectivity index (χ3n) is 3.48. The topological polar surface area (TPSA) is 72.4 Å². The first kappa shape index (κ1) is 15.9. The minimum Gasteiger partial charge on any atom is -0.497 e. The number of ether oxygens (including phenoxy) is 1. The molecule has 0 aliphatic rings. The summed E-state index contributed by atoms with van der Waals surface area (Å²) in [5.74, 6) is 0.694. The number of rotatable bonds is 5. The van der Waals surface area contributed by atoms with E-state index >= 15 is 0 Å². The number of methoxy groups -OCH3 is 1. The van der Waals surface area contributed by atoms with E-state index in [1.54, 1.807) is 32.4 Å². The first-order chi connectivity index (χ1) is 11.0. The van der Waals surface area contributed by atoms with Gasteiger partial charge in [-0.3, -0.25) is 0 Å². The molecule has 2 aromatic carbocycles. The Balaban J connectivity index is 1.94. The van der Waals surface area contributed by atoms with Crippen LogP contribution in [-0.2, 0) is 16.6 Å². The summed E-state index contributed by atoms with van der Waals surface area (Å²) in [7, 11) is -0.529. The van der Waals surface area contributed by atoms with Gasteiger partial charge in [0.25, 0.3) is 0 Å². The predicted octanol–water partition coefficient (Wildman–Crippen LogP) is 2.52. The summed E-state index contributed by atoms with van der Waals surface area (Å²) in [6.07, 6.45) is 0. The van der Waals surface area contributed by atoms with E-state index in [1.807, 2.05) is 24.3 Å². The molecule has 6 nitrogen and oxygen atoms in total. The first-order valence-corrected chi connectivity index (χ1v) is 9.00. The Morgan fingerprint density at radius 2 is 1.96 bits per heavy atom. The fourth-order valence-electron chi connectivity index (χ4n) is 2.27. The van der Waals surface area contributed by atoms with Gasteiger partial charge < -0.3 is 4.74 Å². The number of sulfonamides is 1. The lowest BCUT2D eigenvalue weighted by Crippen LogP contribution is -2.26. The second-order valence-electron chi connectivity index (χ2n) is 5.00. The van der Waals surface area contributed by atoms with Crippen LogP contribution in [0.4, 0.5) is 0 Å². The van der Waals surface area contributed by atoms with Crippen molar-refractivity contribution < 1.29 is 13.2 Å². The molecular formula is C15H15N3O3S2. The van der Waals surface area contributed by atoms with Crippen molar-refractivity contribution in [3.63, 3.8) is 0 Å². The lowest BCUT2D eigenvalue weighted by atomic mass is 10.2. The van der Waals surface area contributed by atoms with Gasteiger partial charge in [0.05, 0.1) is 18.8 Å². The van der Waals surface area contributed by atoms with Crippen LogP contribution in [0.1, 0.15) is 5.56 Å². The first-order valence-electron chi connectivity index (χ1n) is 6.83. The fraction of sp³-hybridized carbons (Fsp3) is 0.200. The summed E-state index contributed by atoms with van der Waals surface area (Å²) in [6.45, 7) is 0.244. The Labute approximate surface area is 138 Å². The van der Waals surface area contributed by atoms with E-state index in [1.165, 1.54) is 4.31 Å². The molecule has 0 fully saturated rings. The molecule has 3 rings (SSSR count). The summed E-state index contributed by atoms with van der Waals surface area (Å²) in [4.78, 5) is 0.175. The Bertz CT molecular complexity index is 938. The molecule has 23 heavy (non-hydrogen) atoms. The van der Waals surface area contributed by atoms with Crippen LogP contribution in [-0.4, -0.2) is 35.6 Å². The van der Waals surface area contributed by atoms with Crippen LogP contribution < -0.4 is 4.74 Å². The van der Waals surface area contributed by atoms with Gasteiger partial charge in [-0.25, -0.2) is 8.42 Å². The van der Waals surface area contributed by atoms with E-state index in [2.05, 4.69) is 8.75 Å². The van der Waals surface area contributed by atoms with Gasteiger partial charge in [0.2, 0.25) is 10.0 Å². The lowest BCUT2D eigenvalue weighted by molar-refractivity contribution is 0.412. The van der Waals surface area contributed by atoms with Gasteiger partial charge in [-0.2, -0.15) is 13.1 Å². The van der Waals surface area contributed by atoms with Crippen molar-refractivity contribution in [1.29, 1.82) is 0 Å². The maximum absolute atomic E-state index is 12.8. The van der Waals surface area contributed by atoms with E-state index in [9.17, 15) is 8.42 Å². The van der Waals surface area contributed by atoms with Gasteiger partial charge in [0.1, 0.15) is 21.7 Å². The van der Waals surface area contributed by atoms with Gasteiger partial charge in [-0.15, -0.1) is 0 Å². The van der Waals surface area contributed by atoms with E-state index in [4.69, 9.17) is 4.74 Å². The van der Waals surface area contributed by atoms with Crippen LogP contribution in [0.5, 0.6) is 5.75 Å². The van der Waals surface area contributed by atoms with Gasteiger partial charge in [0, 0.05) is 13.6 Å². The third kappa shape index (κ3) is 3.05. The fourth-order valence-corrected chi connectivity index (χ4v) is 4.18. The molecule has 1 heterocycles. The number of fused-ring (bicyclic) bond motifs is 1. The molecule has 3 aromatic rings. The van der Waals surface area contributed by atoms with E-state index in [-0.39, 0.29) is 11.4 Å². The highest BCUT2D eigenvalue weighted by molar-refractivity contribution is 7.89. The van der Waals surface area contributed by atoms with Crippen molar-refractivity contribution in [1.82, 2.24) is 13.1 Å². The molecule has 0 N–H and O–H groups in total. The highest BCUT2D eigenvalue weighted by atomic mass is 32.2. The summed E-state index contributed by atoms with van der Waals surface area (Å²) in [5.41, 5.74) is 1.85. The maximum atomic E-state index is 12.8. The molecule has 120 valence electrons. The van der Waals surface area contributed by atoms with E-state index in [0.717, 1.165) is 17.3 Å². The Morgan fingerprint density at radius 1 is 1.17 bits per heavy atom. The van der Waals surface area contributed by atoms with Crippen molar-refractivity contribution >= 4 is 32.8 Å². The minimum atomic E-state index is -3.66. The van der Waals surface area contributed by atoms with Crippen LogP contribution in [0.2, 0.25) is 0 Å².